The number of carboxylic acids is 1. The first-order valence-electron chi connectivity index (χ1n) is 5.34. The van der Waals surface area contributed by atoms with E-state index in [9.17, 15) is 14.4 Å². The number of aromatic nitrogens is 1. The minimum Gasteiger partial charge on any atom is -0.477 e. The van der Waals surface area contributed by atoms with Crippen LogP contribution in [0.15, 0.2) is 18.2 Å². The summed E-state index contributed by atoms with van der Waals surface area (Å²) >= 11 is 0. The van der Waals surface area contributed by atoms with Crippen LogP contribution >= 0.6 is 0 Å². The highest BCUT2D eigenvalue weighted by atomic mass is 16.4. The predicted molar refractivity (Wildman–Crippen MR) is 60.1 cm³/mol. The van der Waals surface area contributed by atoms with Crippen molar-refractivity contribution < 1.29 is 19.5 Å². The molecule has 3 N–H and O–H groups in total. The number of nitrogens with zero attached hydrogens (tertiary/aromatic N) is 1. The van der Waals surface area contributed by atoms with Gasteiger partial charge in [0.25, 0.3) is 5.91 Å². The van der Waals surface area contributed by atoms with Crippen molar-refractivity contribution in [3.63, 3.8) is 0 Å². The lowest BCUT2D eigenvalue weighted by atomic mass is 10.2. The lowest BCUT2D eigenvalue weighted by molar-refractivity contribution is -0.119. The van der Waals surface area contributed by atoms with E-state index in [0.29, 0.717) is 6.54 Å². The van der Waals surface area contributed by atoms with Crippen LogP contribution in [0.25, 0.3) is 0 Å². The average Bonchev–Trinajstić information content (AvgIpc) is 2.75. The molecular weight excluding hydrogens is 238 g/mol. The molecule has 1 aliphatic rings. The molecule has 0 spiro atoms. The van der Waals surface area contributed by atoms with Crippen LogP contribution in [-0.2, 0) is 4.79 Å². The van der Waals surface area contributed by atoms with Crippen molar-refractivity contribution in [3.05, 3.63) is 29.6 Å². The second kappa shape index (κ2) is 4.82. The van der Waals surface area contributed by atoms with Crippen LogP contribution in [0.4, 0.5) is 0 Å². The molecule has 94 valence electrons. The summed E-state index contributed by atoms with van der Waals surface area (Å²) in [5.74, 6) is -1.80. The molecule has 0 saturated carbocycles. The Balaban J connectivity index is 2.06. The number of carboxylic acid groups (broad SMARTS) is 1. The zero-order valence-corrected chi connectivity index (χ0v) is 9.34. The number of hydrogen-bond donors (Lipinski definition) is 3. The lowest BCUT2D eigenvalue weighted by Crippen LogP contribution is -2.36. The molecule has 2 heterocycles. The molecular formula is C11H11N3O4. The molecule has 1 aromatic rings. The maximum atomic E-state index is 11.8. The molecule has 1 unspecified atom stereocenters. The van der Waals surface area contributed by atoms with Crippen LogP contribution in [-0.4, -0.2) is 40.5 Å². The number of nitrogens with one attached hydrogen (secondary N) is 2. The third-order valence-corrected chi connectivity index (χ3v) is 2.51. The Bertz CT molecular complexity index is 515. The van der Waals surface area contributed by atoms with Crippen LogP contribution < -0.4 is 10.6 Å². The van der Waals surface area contributed by atoms with Gasteiger partial charge in [-0.1, -0.05) is 6.07 Å². The number of hydrogen-bond acceptors (Lipinski definition) is 4. The minimum absolute atomic E-state index is 0.0225. The SMILES string of the molecule is O=C1CC(NC(=O)c2cccc(C(=O)O)n2)CN1. The fourth-order valence-electron chi connectivity index (χ4n) is 1.65. The van der Waals surface area contributed by atoms with E-state index in [4.69, 9.17) is 5.11 Å². The van der Waals surface area contributed by atoms with Crippen LogP contribution in [0.3, 0.4) is 0 Å². The molecule has 18 heavy (non-hydrogen) atoms. The van der Waals surface area contributed by atoms with E-state index in [0.717, 1.165) is 0 Å². The molecule has 0 aromatic carbocycles. The number of rotatable bonds is 3. The Morgan fingerprint density at radius 2 is 2.11 bits per heavy atom. The second-order valence-corrected chi connectivity index (χ2v) is 3.89. The summed E-state index contributed by atoms with van der Waals surface area (Å²) in [6, 6.07) is 3.90. The molecule has 0 radical (unpaired) electrons. The number of pyridine rings is 1. The molecule has 0 aliphatic carbocycles. The largest absolute Gasteiger partial charge is 0.477 e. The van der Waals surface area contributed by atoms with Gasteiger partial charge >= 0.3 is 5.97 Å². The highest BCUT2D eigenvalue weighted by Crippen LogP contribution is 2.03. The highest BCUT2D eigenvalue weighted by Gasteiger charge is 2.23. The quantitative estimate of drug-likeness (QED) is 0.662. The van der Waals surface area contributed by atoms with Gasteiger partial charge < -0.3 is 15.7 Å². The summed E-state index contributed by atoms with van der Waals surface area (Å²) in [6.45, 7) is 0.378. The van der Waals surface area contributed by atoms with Crippen molar-refractivity contribution in [3.8, 4) is 0 Å². The van der Waals surface area contributed by atoms with Crippen LogP contribution in [0, 0.1) is 0 Å². The molecule has 1 fully saturated rings. The van der Waals surface area contributed by atoms with E-state index in [1.807, 2.05) is 0 Å². The summed E-state index contributed by atoms with van der Waals surface area (Å²) < 4.78 is 0. The second-order valence-electron chi connectivity index (χ2n) is 3.89. The van der Waals surface area contributed by atoms with E-state index in [2.05, 4.69) is 15.6 Å². The number of carbonyl (C=O) groups excluding carboxylic acids is 2. The van der Waals surface area contributed by atoms with Gasteiger partial charge in [-0.05, 0) is 12.1 Å². The Morgan fingerprint density at radius 1 is 1.39 bits per heavy atom. The summed E-state index contributed by atoms with van der Waals surface area (Å²) in [7, 11) is 0. The van der Waals surface area contributed by atoms with Crippen molar-refractivity contribution in [2.75, 3.05) is 6.54 Å². The average molecular weight is 249 g/mol. The topological polar surface area (TPSA) is 108 Å². The van der Waals surface area contributed by atoms with E-state index >= 15 is 0 Å². The molecule has 1 saturated heterocycles. The van der Waals surface area contributed by atoms with Gasteiger partial charge in [-0.25, -0.2) is 9.78 Å². The normalized spacial score (nSPS) is 18.2. The molecule has 1 aromatic heterocycles. The van der Waals surface area contributed by atoms with Gasteiger partial charge in [0.1, 0.15) is 11.4 Å². The Hall–Kier alpha value is -2.44. The van der Waals surface area contributed by atoms with Gasteiger partial charge in [0, 0.05) is 13.0 Å². The third-order valence-electron chi connectivity index (χ3n) is 2.51. The maximum Gasteiger partial charge on any atom is 0.354 e. The highest BCUT2D eigenvalue weighted by molar-refractivity contribution is 5.94. The van der Waals surface area contributed by atoms with Crippen molar-refractivity contribution in [1.29, 1.82) is 0 Å². The number of aromatic carboxylic acids is 1. The Morgan fingerprint density at radius 3 is 2.72 bits per heavy atom. The number of carbonyl (C=O) groups is 3. The molecule has 2 rings (SSSR count). The van der Waals surface area contributed by atoms with Gasteiger partial charge in [0.15, 0.2) is 0 Å². The Kier molecular flexibility index (Phi) is 3.22. The predicted octanol–water partition coefficient (Wildman–Crippen LogP) is -0.602. The first-order chi connectivity index (χ1) is 8.56. The Labute approximate surface area is 102 Å². The summed E-state index contributed by atoms with van der Waals surface area (Å²) in [5.41, 5.74) is -0.169. The molecule has 1 atom stereocenters. The fourth-order valence-corrected chi connectivity index (χ4v) is 1.65. The standard InChI is InChI=1S/C11H11N3O4/c15-9-4-6(5-12-9)13-10(16)7-2-1-3-8(14-7)11(17)18/h1-3,6H,4-5H2,(H,12,15)(H,13,16)(H,17,18). The lowest BCUT2D eigenvalue weighted by Gasteiger charge is -2.09. The summed E-state index contributed by atoms with van der Waals surface area (Å²) in [4.78, 5) is 37.2. The van der Waals surface area contributed by atoms with Crippen molar-refractivity contribution in [1.82, 2.24) is 15.6 Å². The smallest absolute Gasteiger partial charge is 0.354 e. The molecule has 7 nitrogen and oxygen atoms in total. The first kappa shape index (κ1) is 12.0. The van der Waals surface area contributed by atoms with Crippen LogP contribution in [0.5, 0.6) is 0 Å². The van der Waals surface area contributed by atoms with E-state index < -0.39 is 11.9 Å². The molecule has 2 amide bonds. The van der Waals surface area contributed by atoms with E-state index in [1.54, 1.807) is 0 Å². The molecule has 0 bridgehead atoms. The van der Waals surface area contributed by atoms with Gasteiger partial charge in [0.2, 0.25) is 5.91 Å². The fraction of sp³-hybridized carbons (Fsp3) is 0.273. The van der Waals surface area contributed by atoms with Gasteiger partial charge in [-0.3, -0.25) is 9.59 Å². The zero-order valence-electron chi connectivity index (χ0n) is 9.34. The molecule has 7 heteroatoms. The summed E-state index contributed by atoms with van der Waals surface area (Å²) in [5, 5.41) is 14.0. The minimum atomic E-state index is -1.19. The summed E-state index contributed by atoms with van der Waals surface area (Å²) in [6.07, 6.45) is 0.227. The monoisotopic (exact) mass is 249 g/mol. The van der Waals surface area contributed by atoms with Gasteiger partial charge in [-0.2, -0.15) is 0 Å². The first-order valence-corrected chi connectivity index (χ1v) is 5.34. The number of amides is 2. The third kappa shape index (κ3) is 2.62. The van der Waals surface area contributed by atoms with E-state index in [-0.39, 0.29) is 29.8 Å². The van der Waals surface area contributed by atoms with Crippen molar-refractivity contribution in [2.45, 2.75) is 12.5 Å². The van der Waals surface area contributed by atoms with Gasteiger partial charge in [-0.15, -0.1) is 0 Å². The molecule has 1 aliphatic heterocycles. The van der Waals surface area contributed by atoms with Crippen molar-refractivity contribution >= 4 is 17.8 Å². The van der Waals surface area contributed by atoms with Gasteiger partial charge in [0.05, 0.1) is 6.04 Å². The van der Waals surface area contributed by atoms with Crippen LogP contribution in [0.2, 0.25) is 0 Å². The zero-order chi connectivity index (χ0) is 13.1. The maximum absolute atomic E-state index is 11.8. The van der Waals surface area contributed by atoms with Crippen LogP contribution in [0.1, 0.15) is 27.4 Å². The van der Waals surface area contributed by atoms with Crippen molar-refractivity contribution in [2.24, 2.45) is 0 Å². The van der Waals surface area contributed by atoms with E-state index in [1.165, 1.54) is 18.2 Å².